The number of carbonyl (C=O) groups is 3. The van der Waals surface area contributed by atoms with Gasteiger partial charge in [0.05, 0.1) is 13.0 Å². The van der Waals surface area contributed by atoms with E-state index in [1.807, 2.05) is 0 Å². The zero-order valence-corrected chi connectivity index (χ0v) is 13.5. The van der Waals surface area contributed by atoms with Gasteiger partial charge in [0.2, 0.25) is 0 Å². The summed E-state index contributed by atoms with van der Waals surface area (Å²) in [6.07, 6.45) is 1.82. The average molecular weight is 371 g/mol. The maximum Gasteiger partial charge on any atom is 0.331 e. The first-order valence-corrected chi connectivity index (χ1v) is 7.28. The van der Waals surface area contributed by atoms with Gasteiger partial charge in [0.15, 0.2) is 0 Å². The standard InChI is InChI=1S/C15H15BrO6/c1-2-20-13(17)7-8-14(18)21-10-9-15(19)22-12-5-3-11(16)4-6-12/h3-8H,2,9-10H2,1H3. The molecule has 0 fully saturated rings. The fourth-order valence-corrected chi connectivity index (χ4v) is 1.56. The van der Waals surface area contributed by atoms with Crippen molar-refractivity contribution in [2.75, 3.05) is 13.2 Å². The molecule has 0 N–H and O–H groups in total. The zero-order chi connectivity index (χ0) is 16.4. The average Bonchev–Trinajstić information content (AvgIpc) is 2.48. The fourth-order valence-electron chi connectivity index (χ4n) is 1.29. The SMILES string of the molecule is CCOC(=O)C=CC(=O)OCCC(=O)Oc1ccc(Br)cc1. The molecule has 118 valence electrons. The predicted molar refractivity (Wildman–Crippen MR) is 81.1 cm³/mol. The molecule has 0 heterocycles. The van der Waals surface area contributed by atoms with E-state index in [2.05, 4.69) is 20.7 Å². The maximum absolute atomic E-state index is 11.5. The van der Waals surface area contributed by atoms with Crippen LogP contribution in [0.3, 0.4) is 0 Å². The summed E-state index contributed by atoms with van der Waals surface area (Å²) in [6.45, 7) is 1.74. The highest BCUT2D eigenvalue weighted by Gasteiger charge is 2.07. The van der Waals surface area contributed by atoms with E-state index in [1.165, 1.54) is 0 Å². The van der Waals surface area contributed by atoms with Gasteiger partial charge < -0.3 is 14.2 Å². The number of hydrogen-bond donors (Lipinski definition) is 0. The monoisotopic (exact) mass is 370 g/mol. The summed E-state index contributed by atoms with van der Waals surface area (Å²) >= 11 is 3.27. The van der Waals surface area contributed by atoms with Gasteiger partial charge in [-0.05, 0) is 31.2 Å². The Balaban J connectivity index is 2.25. The molecule has 0 bridgehead atoms. The Morgan fingerprint density at radius 3 is 2.23 bits per heavy atom. The van der Waals surface area contributed by atoms with Crippen LogP contribution >= 0.6 is 15.9 Å². The van der Waals surface area contributed by atoms with Gasteiger partial charge >= 0.3 is 17.9 Å². The molecule has 1 aromatic rings. The summed E-state index contributed by atoms with van der Waals surface area (Å²) in [5.74, 6) is -1.48. The Bertz CT molecular complexity index is 550. The van der Waals surface area contributed by atoms with Crippen molar-refractivity contribution >= 4 is 33.8 Å². The molecule has 0 aliphatic rings. The maximum atomic E-state index is 11.5. The van der Waals surface area contributed by atoms with Gasteiger partial charge in [-0.1, -0.05) is 15.9 Å². The molecule has 0 radical (unpaired) electrons. The van der Waals surface area contributed by atoms with Gasteiger partial charge in [0, 0.05) is 16.6 Å². The van der Waals surface area contributed by atoms with Crippen molar-refractivity contribution in [2.45, 2.75) is 13.3 Å². The minimum atomic E-state index is -0.732. The number of halogens is 1. The lowest BCUT2D eigenvalue weighted by Gasteiger charge is -2.04. The molecule has 1 aromatic carbocycles. The van der Waals surface area contributed by atoms with Crippen molar-refractivity contribution in [1.82, 2.24) is 0 Å². The van der Waals surface area contributed by atoms with Crippen LogP contribution in [0.2, 0.25) is 0 Å². The van der Waals surface area contributed by atoms with Crippen LogP contribution < -0.4 is 4.74 Å². The minimum absolute atomic E-state index is 0.0882. The Morgan fingerprint density at radius 2 is 1.64 bits per heavy atom. The second-order valence-corrected chi connectivity index (χ2v) is 4.85. The number of hydrogen-bond acceptors (Lipinski definition) is 6. The van der Waals surface area contributed by atoms with Crippen molar-refractivity contribution in [3.8, 4) is 5.75 Å². The molecule has 0 spiro atoms. The Labute approximate surface area is 136 Å². The molecule has 1 rings (SSSR count). The van der Waals surface area contributed by atoms with E-state index in [9.17, 15) is 14.4 Å². The normalized spacial score (nSPS) is 10.3. The molecule has 0 aromatic heterocycles. The molecule has 0 saturated carbocycles. The summed E-state index contributed by atoms with van der Waals surface area (Å²) in [7, 11) is 0. The molecule has 0 atom stereocenters. The molecule has 0 saturated heterocycles. The Hall–Kier alpha value is -2.15. The first-order chi connectivity index (χ1) is 10.5. The van der Waals surface area contributed by atoms with Gasteiger partial charge in [-0.3, -0.25) is 4.79 Å². The lowest BCUT2D eigenvalue weighted by atomic mass is 10.3. The molecular weight excluding hydrogens is 356 g/mol. The molecular formula is C15H15BrO6. The van der Waals surface area contributed by atoms with E-state index in [0.717, 1.165) is 16.6 Å². The number of rotatable bonds is 7. The molecule has 0 aliphatic heterocycles. The smallest absolute Gasteiger partial charge is 0.331 e. The van der Waals surface area contributed by atoms with Crippen molar-refractivity contribution in [1.29, 1.82) is 0 Å². The lowest BCUT2D eigenvalue weighted by molar-refractivity contribution is -0.142. The molecule has 6 nitrogen and oxygen atoms in total. The summed E-state index contributed by atoms with van der Waals surface area (Å²) in [5, 5.41) is 0. The van der Waals surface area contributed by atoms with Crippen LogP contribution in [0.25, 0.3) is 0 Å². The summed E-state index contributed by atoms with van der Waals surface area (Å²) in [4.78, 5) is 33.7. The number of ether oxygens (including phenoxy) is 3. The molecule has 0 amide bonds. The highest BCUT2D eigenvalue weighted by atomic mass is 79.9. The Morgan fingerprint density at radius 1 is 1.05 bits per heavy atom. The zero-order valence-electron chi connectivity index (χ0n) is 11.9. The second-order valence-electron chi connectivity index (χ2n) is 3.93. The topological polar surface area (TPSA) is 78.9 Å². The van der Waals surface area contributed by atoms with E-state index in [0.29, 0.717) is 5.75 Å². The van der Waals surface area contributed by atoms with Crippen LogP contribution in [0, 0.1) is 0 Å². The first kappa shape index (κ1) is 17.9. The third-order valence-electron chi connectivity index (χ3n) is 2.24. The van der Waals surface area contributed by atoms with E-state index in [-0.39, 0.29) is 19.6 Å². The van der Waals surface area contributed by atoms with Crippen LogP contribution in [-0.4, -0.2) is 31.1 Å². The predicted octanol–water partition coefficient (Wildman–Crippen LogP) is 2.41. The summed E-state index contributed by atoms with van der Waals surface area (Å²) in [5.41, 5.74) is 0. The van der Waals surface area contributed by atoms with Crippen molar-refractivity contribution in [3.05, 3.63) is 40.9 Å². The van der Waals surface area contributed by atoms with E-state index < -0.39 is 17.9 Å². The summed E-state index contributed by atoms with van der Waals surface area (Å²) < 4.78 is 15.3. The van der Waals surface area contributed by atoms with E-state index in [1.54, 1.807) is 31.2 Å². The largest absolute Gasteiger partial charge is 0.463 e. The number of benzene rings is 1. The van der Waals surface area contributed by atoms with Crippen LogP contribution in [0.15, 0.2) is 40.9 Å². The van der Waals surface area contributed by atoms with E-state index >= 15 is 0 Å². The highest BCUT2D eigenvalue weighted by molar-refractivity contribution is 9.10. The number of carbonyl (C=O) groups excluding carboxylic acids is 3. The van der Waals surface area contributed by atoms with Gasteiger partial charge in [-0.25, -0.2) is 9.59 Å². The number of esters is 3. The lowest BCUT2D eigenvalue weighted by Crippen LogP contribution is -2.13. The third-order valence-corrected chi connectivity index (χ3v) is 2.77. The van der Waals surface area contributed by atoms with Crippen molar-refractivity contribution in [3.63, 3.8) is 0 Å². The highest BCUT2D eigenvalue weighted by Crippen LogP contribution is 2.16. The third kappa shape index (κ3) is 7.58. The van der Waals surface area contributed by atoms with Crippen LogP contribution in [0.5, 0.6) is 5.75 Å². The molecule has 7 heteroatoms. The molecule has 0 unspecified atom stereocenters. The quantitative estimate of drug-likeness (QED) is 0.416. The molecule has 0 aliphatic carbocycles. The van der Waals surface area contributed by atoms with Crippen LogP contribution in [0.4, 0.5) is 0 Å². The van der Waals surface area contributed by atoms with Crippen molar-refractivity contribution in [2.24, 2.45) is 0 Å². The van der Waals surface area contributed by atoms with Gasteiger partial charge in [-0.15, -0.1) is 0 Å². The summed E-state index contributed by atoms with van der Waals surface area (Å²) in [6, 6.07) is 6.75. The van der Waals surface area contributed by atoms with E-state index in [4.69, 9.17) is 9.47 Å². The van der Waals surface area contributed by atoms with Crippen LogP contribution in [-0.2, 0) is 23.9 Å². The van der Waals surface area contributed by atoms with Gasteiger partial charge in [-0.2, -0.15) is 0 Å². The second kappa shape index (κ2) is 9.73. The molecule has 22 heavy (non-hydrogen) atoms. The fraction of sp³-hybridized carbons (Fsp3) is 0.267. The Kier molecular flexibility index (Phi) is 7.91. The van der Waals surface area contributed by atoms with Crippen molar-refractivity contribution < 1.29 is 28.6 Å². The minimum Gasteiger partial charge on any atom is -0.463 e. The van der Waals surface area contributed by atoms with Crippen LogP contribution in [0.1, 0.15) is 13.3 Å². The first-order valence-electron chi connectivity index (χ1n) is 6.49. The van der Waals surface area contributed by atoms with Gasteiger partial charge in [0.1, 0.15) is 12.4 Å². The van der Waals surface area contributed by atoms with Gasteiger partial charge in [0.25, 0.3) is 0 Å².